The molecule has 124 valence electrons. The Morgan fingerprint density at radius 2 is 1.95 bits per heavy atom. The first kappa shape index (κ1) is 18.6. The molecule has 1 aromatic rings. The number of anilines is 2. The molecule has 0 aromatic heterocycles. The van der Waals surface area contributed by atoms with E-state index in [0.717, 1.165) is 23.9 Å². The summed E-state index contributed by atoms with van der Waals surface area (Å²) in [7, 11) is 0. The lowest BCUT2D eigenvalue weighted by atomic mass is 10.2. The monoisotopic (exact) mass is 371 g/mol. The second kappa shape index (κ2) is 7.72. The third-order valence-electron chi connectivity index (χ3n) is 3.23. The number of carbonyl (C=O) groups excluding carboxylic acids is 1. The lowest BCUT2D eigenvalue weighted by molar-refractivity contribution is 0.0239. The van der Waals surface area contributed by atoms with Crippen molar-refractivity contribution < 1.29 is 9.53 Å². The highest BCUT2D eigenvalue weighted by molar-refractivity contribution is 9.10. The van der Waals surface area contributed by atoms with Crippen LogP contribution in [0.25, 0.3) is 0 Å². The SMILES string of the molecule is C[C@@H]1CCCN1C(=O)OC(C)(C)C.Nc1ccc(Br)cc1N. The fourth-order valence-electron chi connectivity index (χ4n) is 2.07. The van der Waals surface area contributed by atoms with Crippen LogP contribution in [0, 0.1) is 0 Å². The molecule has 0 aliphatic carbocycles. The van der Waals surface area contributed by atoms with E-state index in [1.165, 1.54) is 0 Å². The van der Waals surface area contributed by atoms with Gasteiger partial charge in [0.25, 0.3) is 0 Å². The molecule has 6 heteroatoms. The van der Waals surface area contributed by atoms with E-state index in [4.69, 9.17) is 16.2 Å². The lowest BCUT2D eigenvalue weighted by Crippen LogP contribution is -2.38. The number of halogens is 1. The van der Waals surface area contributed by atoms with Crippen LogP contribution >= 0.6 is 15.9 Å². The molecule has 1 fully saturated rings. The number of amides is 1. The molecule has 2 rings (SSSR count). The van der Waals surface area contributed by atoms with Crippen molar-refractivity contribution in [2.75, 3.05) is 18.0 Å². The number of nitrogen functional groups attached to an aromatic ring is 2. The molecule has 1 heterocycles. The first-order valence-corrected chi connectivity index (χ1v) is 8.19. The van der Waals surface area contributed by atoms with Crippen molar-refractivity contribution in [3.63, 3.8) is 0 Å². The fourth-order valence-corrected chi connectivity index (χ4v) is 2.45. The highest BCUT2D eigenvalue weighted by Gasteiger charge is 2.28. The molecule has 5 nitrogen and oxygen atoms in total. The van der Waals surface area contributed by atoms with Crippen LogP contribution in [0.15, 0.2) is 22.7 Å². The van der Waals surface area contributed by atoms with Gasteiger partial charge in [-0.1, -0.05) is 15.9 Å². The van der Waals surface area contributed by atoms with Gasteiger partial charge < -0.3 is 21.1 Å². The van der Waals surface area contributed by atoms with Crippen molar-refractivity contribution in [2.24, 2.45) is 0 Å². The molecule has 0 spiro atoms. The first-order chi connectivity index (χ1) is 10.1. The Hall–Kier alpha value is -1.43. The number of nitrogens with two attached hydrogens (primary N) is 2. The number of rotatable bonds is 0. The number of benzene rings is 1. The molecule has 0 unspecified atom stereocenters. The number of carbonyl (C=O) groups is 1. The van der Waals surface area contributed by atoms with Crippen molar-refractivity contribution in [3.05, 3.63) is 22.7 Å². The van der Waals surface area contributed by atoms with E-state index in [9.17, 15) is 4.79 Å². The molecular weight excluding hydrogens is 346 g/mol. The van der Waals surface area contributed by atoms with Gasteiger partial charge in [0.15, 0.2) is 0 Å². The van der Waals surface area contributed by atoms with Crippen LogP contribution in [0.1, 0.15) is 40.5 Å². The van der Waals surface area contributed by atoms with Gasteiger partial charge in [-0.25, -0.2) is 4.79 Å². The van der Waals surface area contributed by atoms with Gasteiger partial charge in [0, 0.05) is 17.1 Å². The van der Waals surface area contributed by atoms with Crippen LogP contribution in [0.4, 0.5) is 16.2 Å². The van der Waals surface area contributed by atoms with Crippen LogP contribution in [-0.4, -0.2) is 29.2 Å². The Morgan fingerprint density at radius 1 is 1.32 bits per heavy atom. The van der Waals surface area contributed by atoms with Gasteiger partial charge in [-0.3, -0.25) is 0 Å². The summed E-state index contributed by atoms with van der Waals surface area (Å²) in [6, 6.07) is 5.73. The van der Waals surface area contributed by atoms with Gasteiger partial charge in [-0.2, -0.15) is 0 Å². The summed E-state index contributed by atoms with van der Waals surface area (Å²) in [4.78, 5) is 13.4. The Bertz CT molecular complexity index is 515. The van der Waals surface area contributed by atoms with E-state index < -0.39 is 0 Å². The molecule has 1 atom stereocenters. The van der Waals surface area contributed by atoms with Crippen molar-refractivity contribution in [1.29, 1.82) is 0 Å². The highest BCUT2D eigenvalue weighted by Crippen LogP contribution is 2.20. The van der Waals surface area contributed by atoms with Crippen LogP contribution in [0.3, 0.4) is 0 Å². The average Bonchev–Trinajstić information content (AvgIpc) is 2.79. The van der Waals surface area contributed by atoms with E-state index in [2.05, 4.69) is 22.9 Å². The maximum Gasteiger partial charge on any atom is 0.410 e. The van der Waals surface area contributed by atoms with Gasteiger partial charge in [0.2, 0.25) is 0 Å². The third-order valence-corrected chi connectivity index (χ3v) is 3.72. The molecule has 4 N–H and O–H groups in total. The topological polar surface area (TPSA) is 81.6 Å². The van der Waals surface area contributed by atoms with E-state index in [-0.39, 0.29) is 11.7 Å². The van der Waals surface area contributed by atoms with E-state index in [1.807, 2.05) is 31.7 Å². The quantitative estimate of drug-likeness (QED) is 0.674. The van der Waals surface area contributed by atoms with Gasteiger partial charge >= 0.3 is 6.09 Å². The molecule has 1 aromatic carbocycles. The molecule has 22 heavy (non-hydrogen) atoms. The van der Waals surface area contributed by atoms with Gasteiger partial charge in [-0.15, -0.1) is 0 Å². The zero-order valence-corrected chi connectivity index (χ0v) is 15.3. The minimum Gasteiger partial charge on any atom is -0.444 e. The number of nitrogens with zero attached hydrogens (tertiary/aromatic N) is 1. The molecule has 1 aliphatic heterocycles. The minimum absolute atomic E-state index is 0.169. The normalized spacial score (nSPS) is 17.7. The van der Waals surface area contributed by atoms with Crippen LogP contribution in [0.5, 0.6) is 0 Å². The molecule has 1 amide bonds. The summed E-state index contributed by atoms with van der Waals surface area (Å²) in [5.41, 5.74) is 11.8. The van der Waals surface area contributed by atoms with Crippen molar-refractivity contribution >= 4 is 33.4 Å². The first-order valence-electron chi connectivity index (χ1n) is 7.40. The Kier molecular flexibility index (Phi) is 6.53. The zero-order chi connectivity index (χ0) is 16.9. The Morgan fingerprint density at radius 3 is 2.36 bits per heavy atom. The molecule has 1 saturated heterocycles. The summed E-state index contributed by atoms with van der Waals surface area (Å²) in [6.07, 6.45) is 2.03. The minimum atomic E-state index is -0.376. The Balaban J connectivity index is 0.000000235. The van der Waals surface area contributed by atoms with Gasteiger partial charge in [-0.05, 0) is 58.7 Å². The summed E-state index contributed by atoms with van der Waals surface area (Å²) in [5, 5.41) is 0. The van der Waals surface area contributed by atoms with Gasteiger partial charge in [0.1, 0.15) is 5.60 Å². The van der Waals surface area contributed by atoms with Gasteiger partial charge in [0.05, 0.1) is 11.4 Å². The second-order valence-corrected chi connectivity index (χ2v) is 7.35. The predicted octanol–water partition coefficient (Wildman–Crippen LogP) is 4.02. The van der Waals surface area contributed by atoms with Crippen LogP contribution in [0.2, 0.25) is 0 Å². The maximum absolute atomic E-state index is 11.6. The molecular formula is C16H26BrN3O2. The lowest BCUT2D eigenvalue weighted by Gasteiger charge is -2.26. The largest absolute Gasteiger partial charge is 0.444 e. The molecule has 0 radical (unpaired) electrons. The number of hydrogen-bond acceptors (Lipinski definition) is 4. The van der Waals surface area contributed by atoms with Crippen LogP contribution < -0.4 is 11.5 Å². The fraction of sp³-hybridized carbons (Fsp3) is 0.562. The standard InChI is InChI=1S/C10H19NO2.C6H7BrN2/c1-8-6-5-7-11(8)9(12)13-10(2,3)4;7-4-1-2-5(8)6(9)3-4/h8H,5-7H2,1-4H3;1-3H,8-9H2/t8-;/m1./s1. The summed E-state index contributed by atoms with van der Waals surface area (Å²) in [6.45, 7) is 8.59. The molecule has 1 aliphatic rings. The van der Waals surface area contributed by atoms with E-state index >= 15 is 0 Å². The zero-order valence-electron chi connectivity index (χ0n) is 13.7. The van der Waals surface area contributed by atoms with E-state index in [0.29, 0.717) is 17.4 Å². The third kappa shape index (κ3) is 6.13. The van der Waals surface area contributed by atoms with Crippen molar-refractivity contribution in [3.8, 4) is 0 Å². The van der Waals surface area contributed by atoms with Crippen LogP contribution in [-0.2, 0) is 4.74 Å². The number of ether oxygens (including phenoxy) is 1. The Labute approximate surface area is 141 Å². The molecule has 0 bridgehead atoms. The predicted molar refractivity (Wildman–Crippen MR) is 94.6 cm³/mol. The highest BCUT2D eigenvalue weighted by atomic mass is 79.9. The smallest absolute Gasteiger partial charge is 0.410 e. The number of likely N-dealkylation sites (tertiary alicyclic amines) is 1. The van der Waals surface area contributed by atoms with E-state index in [1.54, 1.807) is 12.1 Å². The summed E-state index contributed by atoms with van der Waals surface area (Å²) < 4.78 is 6.23. The summed E-state index contributed by atoms with van der Waals surface area (Å²) >= 11 is 3.26. The number of hydrogen-bond donors (Lipinski definition) is 2. The average molecular weight is 372 g/mol. The molecule has 0 saturated carbocycles. The second-order valence-electron chi connectivity index (χ2n) is 6.44. The van der Waals surface area contributed by atoms with Crippen molar-refractivity contribution in [1.82, 2.24) is 4.90 Å². The maximum atomic E-state index is 11.6. The van der Waals surface area contributed by atoms with Crippen molar-refractivity contribution in [2.45, 2.75) is 52.2 Å². The summed E-state index contributed by atoms with van der Waals surface area (Å²) in [5.74, 6) is 0.